The number of hydrogen-bond acceptors (Lipinski definition) is 8. The molecule has 1 saturated carbocycles. The van der Waals surface area contributed by atoms with Crippen LogP contribution in [0.25, 0.3) is 16.9 Å². The average Bonchev–Trinajstić information content (AvgIpc) is 3.80. The summed E-state index contributed by atoms with van der Waals surface area (Å²) in [5.41, 5.74) is 0.412. The van der Waals surface area contributed by atoms with Crippen molar-refractivity contribution in [1.29, 1.82) is 0 Å². The number of carbonyl (C=O) groups excluding carboxylic acids is 2. The monoisotopic (exact) mass is 702 g/mol. The van der Waals surface area contributed by atoms with Crippen LogP contribution in [0.5, 0.6) is 5.75 Å². The third-order valence-corrected chi connectivity index (χ3v) is 9.52. The van der Waals surface area contributed by atoms with Gasteiger partial charge >= 0.3 is 6.09 Å². The Kier molecular flexibility index (Phi) is 10.8. The molecule has 272 valence electrons. The highest BCUT2D eigenvalue weighted by Gasteiger charge is 2.43. The standard InChI is InChI=1S/C38H47FN6O6/c1-37(2,3)51-36(47)42-20-21-43(29(24-42)16-22-50-31-15-14-28(23-30(31)39)45-19-10-18-41-45)35(46)33-34(27-11-6-5-7-12-27)44(26-40-33)32-13-8-9-17-38(32,48)25-49-4/h5-7,10-12,14-15,18-19,23,26,29,32,48H,8-9,13,16-17,20-22,24-25H2,1-4H3/t29-,32-,38-/m1/s1. The van der Waals surface area contributed by atoms with Crippen LogP contribution >= 0.6 is 0 Å². The van der Waals surface area contributed by atoms with E-state index in [0.717, 1.165) is 18.4 Å². The molecule has 2 aromatic heterocycles. The number of amides is 2. The summed E-state index contributed by atoms with van der Waals surface area (Å²) in [6.07, 6.45) is 7.91. The molecule has 0 bridgehead atoms. The number of aromatic nitrogens is 4. The summed E-state index contributed by atoms with van der Waals surface area (Å²) >= 11 is 0. The molecule has 1 aliphatic heterocycles. The molecular weight excluding hydrogens is 655 g/mol. The van der Waals surface area contributed by atoms with Gasteiger partial charge in [0.25, 0.3) is 5.91 Å². The van der Waals surface area contributed by atoms with Gasteiger partial charge in [0.15, 0.2) is 17.3 Å². The van der Waals surface area contributed by atoms with Crippen LogP contribution in [0.2, 0.25) is 0 Å². The highest BCUT2D eigenvalue weighted by molar-refractivity contribution is 5.98. The minimum atomic E-state index is -1.12. The summed E-state index contributed by atoms with van der Waals surface area (Å²) in [6.45, 7) is 6.36. The Morgan fingerprint density at radius 3 is 2.59 bits per heavy atom. The lowest BCUT2D eigenvalue weighted by molar-refractivity contribution is -0.0893. The van der Waals surface area contributed by atoms with E-state index in [1.54, 1.807) is 58.5 Å². The largest absolute Gasteiger partial charge is 0.490 e. The second-order valence-corrected chi connectivity index (χ2v) is 14.3. The lowest BCUT2D eigenvalue weighted by Gasteiger charge is -2.42. The van der Waals surface area contributed by atoms with Gasteiger partial charge in [-0.2, -0.15) is 5.10 Å². The van der Waals surface area contributed by atoms with Crippen molar-refractivity contribution in [3.8, 4) is 22.7 Å². The summed E-state index contributed by atoms with van der Waals surface area (Å²) in [5.74, 6) is -0.767. The molecule has 0 unspecified atom stereocenters. The second kappa shape index (κ2) is 15.2. The predicted molar refractivity (Wildman–Crippen MR) is 188 cm³/mol. The van der Waals surface area contributed by atoms with Crippen LogP contribution in [0.1, 0.15) is 69.4 Å². The summed E-state index contributed by atoms with van der Waals surface area (Å²) in [6, 6.07) is 15.1. The maximum Gasteiger partial charge on any atom is 0.410 e. The first-order valence-corrected chi connectivity index (χ1v) is 17.5. The van der Waals surface area contributed by atoms with E-state index in [0.29, 0.717) is 30.6 Å². The molecule has 1 N–H and O–H groups in total. The van der Waals surface area contributed by atoms with Crippen LogP contribution in [0.4, 0.5) is 9.18 Å². The first-order valence-electron chi connectivity index (χ1n) is 17.5. The molecule has 3 heterocycles. The molecule has 4 aromatic rings. The number of hydrogen-bond donors (Lipinski definition) is 1. The van der Waals surface area contributed by atoms with E-state index in [4.69, 9.17) is 19.2 Å². The highest BCUT2D eigenvalue weighted by Crippen LogP contribution is 2.41. The highest BCUT2D eigenvalue weighted by atomic mass is 19.1. The number of carbonyl (C=O) groups is 2. The molecule has 2 aliphatic rings. The molecule has 0 radical (unpaired) electrons. The van der Waals surface area contributed by atoms with Crippen molar-refractivity contribution in [1.82, 2.24) is 29.1 Å². The minimum Gasteiger partial charge on any atom is -0.490 e. The molecule has 12 nitrogen and oxygen atoms in total. The Labute approximate surface area is 297 Å². The first-order chi connectivity index (χ1) is 24.5. The molecule has 0 spiro atoms. The van der Waals surface area contributed by atoms with Gasteiger partial charge in [-0.1, -0.05) is 43.2 Å². The van der Waals surface area contributed by atoms with Gasteiger partial charge in [0.1, 0.15) is 11.2 Å². The van der Waals surface area contributed by atoms with Crippen molar-refractivity contribution in [2.45, 2.75) is 76.2 Å². The zero-order valence-electron chi connectivity index (χ0n) is 29.7. The van der Waals surface area contributed by atoms with Crippen LogP contribution in [0.15, 0.2) is 73.3 Å². The topological polar surface area (TPSA) is 124 Å². The smallest absolute Gasteiger partial charge is 0.410 e. The fourth-order valence-electron chi connectivity index (χ4n) is 7.13. The number of piperazine rings is 1. The quantitative estimate of drug-likeness (QED) is 0.217. The third-order valence-electron chi connectivity index (χ3n) is 9.52. The Balaban J connectivity index is 1.28. The summed E-state index contributed by atoms with van der Waals surface area (Å²) in [5, 5.41) is 15.9. The third kappa shape index (κ3) is 8.10. The van der Waals surface area contributed by atoms with E-state index in [1.165, 1.54) is 6.07 Å². The number of nitrogens with zero attached hydrogens (tertiary/aromatic N) is 6. The van der Waals surface area contributed by atoms with Gasteiger partial charge in [-0.3, -0.25) is 4.79 Å². The van der Waals surface area contributed by atoms with E-state index in [1.807, 2.05) is 55.7 Å². The molecule has 1 aliphatic carbocycles. The van der Waals surface area contributed by atoms with E-state index < -0.39 is 29.2 Å². The molecule has 13 heteroatoms. The molecule has 1 saturated heterocycles. The van der Waals surface area contributed by atoms with Crippen molar-refractivity contribution in [2.75, 3.05) is 40.0 Å². The minimum absolute atomic E-state index is 0.0738. The van der Waals surface area contributed by atoms with Gasteiger partial charge in [0, 0.05) is 57.2 Å². The van der Waals surface area contributed by atoms with E-state index >= 15 is 4.39 Å². The predicted octanol–water partition coefficient (Wildman–Crippen LogP) is 5.90. The average molecular weight is 703 g/mol. The van der Waals surface area contributed by atoms with Crippen molar-refractivity contribution in [3.63, 3.8) is 0 Å². The van der Waals surface area contributed by atoms with Gasteiger partial charge in [0.2, 0.25) is 0 Å². The van der Waals surface area contributed by atoms with Gasteiger partial charge in [0.05, 0.1) is 43.0 Å². The maximum atomic E-state index is 15.1. The zero-order valence-corrected chi connectivity index (χ0v) is 29.7. The van der Waals surface area contributed by atoms with E-state index in [9.17, 15) is 14.7 Å². The van der Waals surface area contributed by atoms with Gasteiger partial charge in [-0.05, 0) is 51.8 Å². The Hall–Kier alpha value is -4.75. The maximum absolute atomic E-state index is 15.1. The molecule has 2 fully saturated rings. The van der Waals surface area contributed by atoms with Crippen molar-refractivity contribution in [2.24, 2.45) is 0 Å². The van der Waals surface area contributed by atoms with Gasteiger partial charge < -0.3 is 33.7 Å². The first kappa shape index (κ1) is 36.1. The summed E-state index contributed by atoms with van der Waals surface area (Å²) < 4.78 is 35.6. The number of halogens is 1. The number of rotatable bonds is 10. The van der Waals surface area contributed by atoms with Gasteiger partial charge in [-0.25, -0.2) is 18.9 Å². The molecular formula is C38H47FN6O6. The Bertz CT molecular complexity index is 1790. The second-order valence-electron chi connectivity index (χ2n) is 14.3. The normalized spacial score (nSPS) is 21.1. The number of methoxy groups -OCH3 is 1. The summed E-state index contributed by atoms with van der Waals surface area (Å²) in [4.78, 5) is 35.8. The Morgan fingerprint density at radius 2 is 1.88 bits per heavy atom. The fraction of sp³-hybridized carbons (Fsp3) is 0.474. The van der Waals surface area contributed by atoms with Crippen LogP contribution in [-0.4, -0.2) is 103 Å². The van der Waals surface area contributed by atoms with Crippen LogP contribution in [0, 0.1) is 5.82 Å². The zero-order chi connectivity index (χ0) is 36.2. The van der Waals surface area contributed by atoms with Crippen LogP contribution in [-0.2, 0) is 9.47 Å². The number of benzene rings is 2. The molecule has 2 aromatic carbocycles. The molecule has 51 heavy (non-hydrogen) atoms. The lowest BCUT2D eigenvalue weighted by Crippen LogP contribution is -2.57. The number of ether oxygens (including phenoxy) is 3. The van der Waals surface area contributed by atoms with Gasteiger partial charge in [-0.15, -0.1) is 0 Å². The molecule has 2 amide bonds. The number of imidazole rings is 1. The van der Waals surface area contributed by atoms with Crippen molar-refractivity contribution >= 4 is 12.0 Å². The van der Waals surface area contributed by atoms with Crippen LogP contribution in [0.3, 0.4) is 0 Å². The lowest BCUT2D eigenvalue weighted by atomic mass is 9.80. The van der Waals surface area contributed by atoms with Crippen LogP contribution < -0.4 is 4.74 Å². The molecule has 6 rings (SSSR count). The van der Waals surface area contributed by atoms with E-state index in [-0.39, 0.29) is 56.2 Å². The van der Waals surface area contributed by atoms with Crippen molar-refractivity contribution in [3.05, 3.63) is 84.8 Å². The fourth-order valence-corrected chi connectivity index (χ4v) is 7.13. The SMILES string of the molecule is COC[C@]1(O)CCCC[C@H]1n1cnc(C(=O)N2CCN(C(=O)OC(C)(C)C)C[C@H]2CCOc2ccc(-n3cccn3)cc2F)c1-c1ccccc1. The summed E-state index contributed by atoms with van der Waals surface area (Å²) in [7, 11) is 1.58. The van der Waals surface area contributed by atoms with Crippen molar-refractivity contribution < 1.29 is 33.3 Å². The molecule has 3 atom stereocenters. The number of aliphatic hydroxyl groups is 1. The Morgan fingerprint density at radius 1 is 1.08 bits per heavy atom. The van der Waals surface area contributed by atoms with E-state index in [2.05, 4.69) is 5.10 Å².